The number of hydrogen-bond donors (Lipinski definition) is 1. The lowest BCUT2D eigenvalue weighted by Crippen LogP contribution is -2.26. The van der Waals surface area contributed by atoms with E-state index in [1.54, 1.807) is 0 Å². The van der Waals surface area contributed by atoms with Crippen LogP contribution in [0.1, 0.15) is 23.6 Å². The van der Waals surface area contributed by atoms with Crippen molar-refractivity contribution in [1.82, 2.24) is 5.32 Å². The van der Waals surface area contributed by atoms with Gasteiger partial charge in [-0.3, -0.25) is 0 Å². The first-order valence-electron chi connectivity index (χ1n) is 6.63. The van der Waals surface area contributed by atoms with Gasteiger partial charge in [0.15, 0.2) is 0 Å². The van der Waals surface area contributed by atoms with Crippen molar-refractivity contribution >= 4 is 27.5 Å². The molecule has 1 aliphatic heterocycles. The molecule has 1 aliphatic rings. The van der Waals surface area contributed by atoms with Crippen molar-refractivity contribution in [2.45, 2.75) is 19.0 Å². The van der Waals surface area contributed by atoms with Gasteiger partial charge in [-0.2, -0.15) is 0 Å². The Bertz CT molecular complexity index is 617. The van der Waals surface area contributed by atoms with Gasteiger partial charge in [-0.1, -0.05) is 35.9 Å². The van der Waals surface area contributed by atoms with E-state index < -0.39 is 0 Å². The van der Waals surface area contributed by atoms with Gasteiger partial charge >= 0.3 is 0 Å². The molecular formula is C16H15BrClNO. The predicted octanol–water partition coefficient (Wildman–Crippen LogP) is 4.72. The Kier molecular flexibility index (Phi) is 4.29. The molecular weight excluding hydrogens is 338 g/mol. The van der Waals surface area contributed by atoms with Crippen LogP contribution in [0.25, 0.3) is 0 Å². The fraction of sp³-hybridized carbons (Fsp3) is 0.250. The maximum Gasteiger partial charge on any atom is 0.124 e. The summed E-state index contributed by atoms with van der Waals surface area (Å²) in [5.74, 6) is 0.991. The Morgan fingerprint density at radius 3 is 2.95 bits per heavy atom. The van der Waals surface area contributed by atoms with Crippen LogP contribution < -0.4 is 10.1 Å². The van der Waals surface area contributed by atoms with Crippen LogP contribution in [-0.2, 0) is 6.54 Å². The molecule has 0 radical (unpaired) electrons. The third kappa shape index (κ3) is 3.00. The molecule has 0 aromatic heterocycles. The molecule has 2 aromatic carbocycles. The minimum atomic E-state index is 0.336. The molecule has 2 aromatic rings. The molecule has 0 bridgehead atoms. The average molecular weight is 353 g/mol. The lowest BCUT2D eigenvalue weighted by molar-refractivity contribution is 0.252. The highest BCUT2D eigenvalue weighted by atomic mass is 79.9. The smallest absolute Gasteiger partial charge is 0.124 e. The highest BCUT2D eigenvalue weighted by molar-refractivity contribution is 9.10. The van der Waals surface area contributed by atoms with E-state index in [2.05, 4.69) is 39.4 Å². The molecule has 2 nitrogen and oxygen atoms in total. The third-order valence-corrected chi connectivity index (χ3v) is 4.73. The van der Waals surface area contributed by atoms with Crippen LogP contribution in [0.5, 0.6) is 5.75 Å². The topological polar surface area (TPSA) is 21.3 Å². The van der Waals surface area contributed by atoms with E-state index in [0.29, 0.717) is 6.04 Å². The third-order valence-electron chi connectivity index (χ3n) is 3.50. The van der Waals surface area contributed by atoms with Crippen molar-refractivity contribution in [3.05, 3.63) is 63.1 Å². The number of para-hydroxylation sites is 1. The Labute approximate surface area is 132 Å². The van der Waals surface area contributed by atoms with Gasteiger partial charge in [0.2, 0.25) is 0 Å². The second-order valence-electron chi connectivity index (χ2n) is 4.86. The molecule has 20 heavy (non-hydrogen) atoms. The van der Waals surface area contributed by atoms with Crippen LogP contribution in [0.3, 0.4) is 0 Å². The Morgan fingerprint density at radius 1 is 1.25 bits per heavy atom. The van der Waals surface area contributed by atoms with E-state index in [-0.39, 0.29) is 0 Å². The minimum Gasteiger partial charge on any atom is -0.493 e. The molecule has 0 saturated carbocycles. The summed E-state index contributed by atoms with van der Waals surface area (Å²) in [6.45, 7) is 1.56. The maximum atomic E-state index is 6.12. The Balaban J connectivity index is 1.71. The van der Waals surface area contributed by atoms with Crippen LogP contribution in [0.15, 0.2) is 46.9 Å². The zero-order valence-electron chi connectivity index (χ0n) is 10.9. The molecule has 0 fully saturated rings. The van der Waals surface area contributed by atoms with Crippen molar-refractivity contribution in [2.24, 2.45) is 0 Å². The van der Waals surface area contributed by atoms with Crippen LogP contribution in [0, 0.1) is 0 Å². The zero-order chi connectivity index (χ0) is 13.9. The number of halogens is 2. The summed E-state index contributed by atoms with van der Waals surface area (Å²) in [6.07, 6.45) is 0.987. The van der Waals surface area contributed by atoms with Crippen molar-refractivity contribution < 1.29 is 4.74 Å². The lowest BCUT2D eigenvalue weighted by atomic mass is 10.0. The highest BCUT2D eigenvalue weighted by Crippen LogP contribution is 2.32. The first kappa shape index (κ1) is 13.9. The van der Waals surface area contributed by atoms with E-state index in [1.165, 1.54) is 11.1 Å². The summed E-state index contributed by atoms with van der Waals surface area (Å²) in [5.41, 5.74) is 2.42. The summed E-state index contributed by atoms with van der Waals surface area (Å²) in [4.78, 5) is 0. The molecule has 1 unspecified atom stereocenters. The lowest BCUT2D eigenvalue weighted by Gasteiger charge is -2.26. The van der Waals surface area contributed by atoms with Crippen molar-refractivity contribution in [2.75, 3.05) is 6.61 Å². The number of benzene rings is 2. The van der Waals surface area contributed by atoms with Gasteiger partial charge in [0.1, 0.15) is 5.75 Å². The summed E-state index contributed by atoms with van der Waals surface area (Å²) < 4.78 is 6.60. The SMILES string of the molecule is Clc1cc(CNC2CCOc3ccccc32)ccc1Br. The van der Waals surface area contributed by atoms with Crippen LogP contribution in [0.4, 0.5) is 0 Å². The van der Waals surface area contributed by atoms with Crippen molar-refractivity contribution in [3.8, 4) is 5.75 Å². The molecule has 1 N–H and O–H groups in total. The number of nitrogens with one attached hydrogen (secondary N) is 1. The second kappa shape index (κ2) is 6.17. The molecule has 3 rings (SSSR count). The Hall–Kier alpha value is -1.03. The highest BCUT2D eigenvalue weighted by Gasteiger charge is 2.20. The maximum absolute atomic E-state index is 6.12. The van der Waals surface area contributed by atoms with Crippen LogP contribution >= 0.6 is 27.5 Å². The number of ether oxygens (including phenoxy) is 1. The average Bonchev–Trinajstić information content (AvgIpc) is 2.48. The molecule has 0 aliphatic carbocycles. The standard InChI is InChI=1S/C16H15BrClNO/c17-13-6-5-11(9-14(13)18)10-19-15-7-8-20-16-4-2-1-3-12(15)16/h1-6,9,15,19H,7-8,10H2. The molecule has 1 atom stereocenters. The summed E-state index contributed by atoms with van der Waals surface area (Å²) in [7, 11) is 0. The normalized spacial score (nSPS) is 17.4. The molecule has 0 spiro atoms. The Morgan fingerprint density at radius 2 is 2.10 bits per heavy atom. The summed E-state index contributed by atoms with van der Waals surface area (Å²) >= 11 is 9.53. The van der Waals surface area contributed by atoms with Crippen LogP contribution in [0.2, 0.25) is 5.02 Å². The van der Waals surface area contributed by atoms with Gasteiger partial charge in [-0.25, -0.2) is 0 Å². The fourth-order valence-corrected chi connectivity index (χ4v) is 2.89. The van der Waals surface area contributed by atoms with Gasteiger partial charge in [-0.05, 0) is 39.7 Å². The summed E-state index contributed by atoms with van der Waals surface area (Å²) in [5, 5.41) is 4.33. The van der Waals surface area contributed by atoms with E-state index in [9.17, 15) is 0 Å². The monoisotopic (exact) mass is 351 g/mol. The molecule has 4 heteroatoms. The van der Waals surface area contributed by atoms with E-state index in [0.717, 1.165) is 34.8 Å². The van der Waals surface area contributed by atoms with E-state index >= 15 is 0 Å². The van der Waals surface area contributed by atoms with Gasteiger partial charge in [0.25, 0.3) is 0 Å². The van der Waals surface area contributed by atoms with Crippen molar-refractivity contribution in [3.63, 3.8) is 0 Å². The summed E-state index contributed by atoms with van der Waals surface area (Å²) in [6, 6.07) is 14.6. The van der Waals surface area contributed by atoms with Gasteiger partial charge in [-0.15, -0.1) is 0 Å². The molecule has 104 valence electrons. The largest absolute Gasteiger partial charge is 0.493 e. The van der Waals surface area contributed by atoms with E-state index in [1.807, 2.05) is 24.3 Å². The molecule has 0 saturated heterocycles. The zero-order valence-corrected chi connectivity index (χ0v) is 13.2. The second-order valence-corrected chi connectivity index (χ2v) is 6.12. The number of hydrogen-bond acceptors (Lipinski definition) is 2. The van der Waals surface area contributed by atoms with Crippen molar-refractivity contribution in [1.29, 1.82) is 0 Å². The van der Waals surface area contributed by atoms with Gasteiger partial charge in [0, 0.05) is 29.0 Å². The molecule has 1 heterocycles. The first-order valence-corrected chi connectivity index (χ1v) is 7.80. The quantitative estimate of drug-likeness (QED) is 0.863. The first-order chi connectivity index (χ1) is 9.74. The van der Waals surface area contributed by atoms with E-state index in [4.69, 9.17) is 16.3 Å². The number of fused-ring (bicyclic) bond motifs is 1. The molecule has 0 amide bonds. The predicted molar refractivity (Wildman–Crippen MR) is 85.3 cm³/mol. The number of rotatable bonds is 3. The minimum absolute atomic E-state index is 0.336. The van der Waals surface area contributed by atoms with Gasteiger partial charge < -0.3 is 10.1 Å². The van der Waals surface area contributed by atoms with Crippen LogP contribution in [-0.4, -0.2) is 6.61 Å². The van der Waals surface area contributed by atoms with Gasteiger partial charge in [0.05, 0.1) is 11.6 Å². The fourth-order valence-electron chi connectivity index (χ4n) is 2.44.